The van der Waals surface area contributed by atoms with Gasteiger partial charge >= 0.3 is 6.18 Å². The van der Waals surface area contributed by atoms with Gasteiger partial charge in [-0.15, -0.1) is 10.2 Å². The highest BCUT2D eigenvalue weighted by Crippen LogP contribution is 2.42. The quantitative estimate of drug-likeness (QED) is 0.481. The number of sulfone groups is 1. The molecular formula is C23H21F3N4O5S. The summed E-state index contributed by atoms with van der Waals surface area (Å²) in [7, 11) is -2.23. The van der Waals surface area contributed by atoms with Crippen molar-refractivity contribution in [3.05, 3.63) is 58.9 Å². The largest absolute Gasteiger partial charge is 0.478 e. The van der Waals surface area contributed by atoms with E-state index in [2.05, 4.69) is 20.5 Å². The third kappa shape index (κ3) is 5.40. The summed E-state index contributed by atoms with van der Waals surface area (Å²) in [6.45, 7) is 1.07. The number of nitrogens with one attached hydrogen (secondary N) is 1. The van der Waals surface area contributed by atoms with Gasteiger partial charge in [0.25, 0.3) is 17.7 Å². The minimum atomic E-state index is -4.88. The van der Waals surface area contributed by atoms with Crippen molar-refractivity contribution in [2.75, 3.05) is 18.7 Å². The van der Waals surface area contributed by atoms with Crippen LogP contribution in [0.15, 0.2) is 41.3 Å². The summed E-state index contributed by atoms with van der Waals surface area (Å²) in [5.41, 5.74) is -1.58. The molecule has 3 aromatic rings. The van der Waals surface area contributed by atoms with Crippen LogP contribution in [0.25, 0.3) is 0 Å². The van der Waals surface area contributed by atoms with Crippen molar-refractivity contribution in [2.24, 2.45) is 0 Å². The molecule has 1 fully saturated rings. The molecule has 0 atom stereocenters. The van der Waals surface area contributed by atoms with Crippen molar-refractivity contribution in [3.63, 3.8) is 0 Å². The van der Waals surface area contributed by atoms with Crippen molar-refractivity contribution < 1.29 is 35.9 Å². The second kappa shape index (κ2) is 9.37. The second-order valence-corrected chi connectivity index (χ2v) is 10.2. The first-order valence-corrected chi connectivity index (χ1v) is 12.6. The topological polar surface area (TPSA) is 120 Å². The van der Waals surface area contributed by atoms with E-state index in [9.17, 15) is 26.4 Å². The van der Waals surface area contributed by atoms with Gasteiger partial charge < -0.3 is 14.8 Å². The maximum absolute atomic E-state index is 13.5. The standard InChI is InChI=1S/C23H21F3N4O5S/c1-12-18(20(31)27-14-5-4-6-15(11-14)36(3,32)33)22(30-29-19(12)23(24,25)26)35-17-10-9-16(13-7-8-13)28-21(17)34-2/h4-6,9-11,13H,7-8H2,1-3H3,(H,27,31). The van der Waals surface area contributed by atoms with Crippen LogP contribution in [0.1, 0.15) is 46.1 Å². The average Bonchev–Trinajstić information content (AvgIpc) is 3.63. The summed E-state index contributed by atoms with van der Waals surface area (Å²) in [5.74, 6) is -1.09. The number of anilines is 1. The van der Waals surface area contributed by atoms with E-state index >= 15 is 0 Å². The fourth-order valence-corrected chi connectivity index (χ4v) is 4.15. The zero-order chi connectivity index (χ0) is 26.3. The minimum Gasteiger partial charge on any atom is -0.478 e. The third-order valence-corrected chi connectivity index (χ3v) is 6.55. The molecule has 0 radical (unpaired) electrons. The van der Waals surface area contributed by atoms with E-state index in [1.807, 2.05) is 0 Å². The zero-order valence-electron chi connectivity index (χ0n) is 19.4. The highest BCUT2D eigenvalue weighted by molar-refractivity contribution is 7.90. The lowest BCUT2D eigenvalue weighted by molar-refractivity contribution is -0.142. The van der Waals surface area contributed by atoms with Crippen molar-refractivity contribution >= 4 is 21.4 Å². The number of rotatable bonds is 7. The normalized spacial score (nSPS) is 13.8. The van der Waals surface area contributed by atoms with E-state index in [1.54, 1.807) is 6.07 Å². The Morgan fingerprint density at radius 1 is 1.11 bits per heavy atom. The monoisotopic (exact) mass is 522 g/mol. The molecule has 2 aromatic heterocycles. The lowest BCUT2D eigenvalue weighted by Gasteiger charge is -2.17. The SMILES string of the molecule is COc1nc(C2CC2)ccc1Oc1nnc(C(F)(F)F)c(C)c1C(=O)Nc1cccc(S(C)(=O)=O)c1. The first-order valence-electron chi connectivity index (χ1n) is 10.7. The smallest absolute Gasteiger partial charge is 0.435 e. The van der Waals surface area contributed by atoms with Crippen LogP contribution in [0.4, 0.5) is 18.9 Å². The number of methoxy groups -OCH3 is 1. The van der Waals surface area contributed by atoms with E-state index in [-0.39, 0.29) is 22.2 Å². The number of alkyl halides is 3. The third-order valence-electron chi connectivity index (χ3n) is 5.44. The maximum atomic E-state index is 13.5. The van der Waals surface area contributed by atoms with Crippen molar-refractivity contribution in [2.45, 2.75) is 36.8 Å². The van der Waals surface area contributed by atoms with E-state index in [1.165, 1.54) is 37.4 Å². The number of pyridine rings is 1. The van der Waals surface area contributed by atoms with Crippen LogP contribution in [0, 0.1) is 6.92 Å². The lowest BCUT2D eigenvalue weighted by atomic mass is 10.1. The van der Waals surface area contributed by atoms with E-state index in [4.69, 9.17) is 9.47 Å². The van der Waals surface area contributed by atoms with Crippen molar-refractivity contribution in [1.29, 1.82) is 0 Å². The molecule has 0 aliphatic heterocycles. The molecular weight excluding hydrogens is 501 g/mol. The Labute approximate surface area is 204 Å². The molecule has 1 amide bonds. The van der Waals surface area contributed by atoms with Gasteiger partial charge in [-0.3, -0.25) is 4.79 Å². The molecule has 1 aliphatic carbocycles. The number of aromatic nitrogens is 3. The molecule has 2 heterocycles. The first-order chi connectivity index (χ1) is 16.9. The first kappa shape index (κ1) is 25.4. The van der Waals surface area contributed by atoms with Gasteiger partial charge in [0, 0.05) is 23.6 Å². The Bertz CT molecular complexity index is 1440. The van der Waals surface area contributed by atoms with Crippen LogP contribution in [0.3, 0.4) is 0 Å². The summed E-state index contributed by atoms with van der Waals surface area (Å²) < 4.78 is 75.2. The molecule has 4 rings (SSSR count). The van der Waals surface area contributed by atoms with E-state index < -0.39 is 44.6 Å². The fraction of sp³-hybridized carbons (Fsp3) is 0.304. The van der Waals surface area contributed by atoms with Crippen LogP contribution in [0.5, 0.6) is 17.5 Å². The highest BCUT2D eigenvalue weighted by atomic mass is 32.2. The Balaban J connectivity index is 1.75. The van der Waals surface area contributed by atoms with Gasteiger partial charge in [0.1, 0.15) is 5.56 Å². The number of ether oxygens (including phenoxy) is 2. The molecule has 9 nitrogen and oxygen atoms in total. The van der Waals surface area contributed by atoms with Crippen LogP contribution >= 0.6 is 0 Å². The Kier molecular flexibility index (Phi) is 6.60. The Morgan fingerprint density at radius 2 is 1.83 bits per heavy atom. The molecule has 190 valence electrons. The summed E-state index contributed by atoms with van der Waals surface area (Å²) >= 11 is 0. The predicted octanol–water partition coefficient (Wildman–Crippen LogP) is 4.53. The Morgan fingerprint density at radius 3 is 2.44 bits per heavy atom. The van der Waals surface area contributed by atoms with Gasteiger partial charge in [0.2, 0.25) is 0 Å². The number of benzene rings is 1. The number of halogens is 3. The summed E-state index contributed by atoms with van der Waals surface area (Å²) in [5, 5.41) is 9.18. The van der Waals surface area contributed by atoms with Gasteiger partial charge in [0.05, 0.1) is 12.0 Å². The molecule has 13 heteroatoms. The van der Waals surface area contributed by atoms with Gasteiger partial charge in [-0.2, -0.15) is 13.2 Å². The van der Waals surface area contributed by atoms with Gasteiger partial charge in [-0.1, -0.05) is 6.07 Å². The number of carbonyl (C=O) groups excluding carboxylic acids is 1. The lowest BCUT2D eigenvalue weighted by Crippen LogP contribution is -2.21. The van der Waals surface area contributed by atoms with Crippen molar-refractivity contribution in [1.82, 2.24) is 15.2 Å². The minimum absolute atomic E-state index is 0.0310. The molecule has 0 spiro atoms. The molecule has 0 saturated heterocycles. The number of hydrogen-bond donors (Lipinski definition) is 1. The molecule has 0 unspecified atom stereocenters. The second-order valence-electron chi connectivity index (χ2n) is 8.23. The average molecular weight is 523 g/mol. The molecule has 1 N–H and O–H groups in total. The maximum Gasteiger partial charge on any atom is 0.435 e. The molecule has 1 saturated carbocycles. The van der Waals surface area contributed by atoms with Gasteiger partial charge in [-0.05, 0) is 55.7 Å². The molecule has 36 heavy (non-hydrogen) atoms. The summed E-state index contributed by atoms with van der Waals surface area (Å²) in [4.78, 5) is 17.5. The van der Waals surface area contributed by atoms with E-state index in [0.717, 1.165) is 31.7 Å². The van der Waals surface area contributed by atoms with Crippen LogP contribution in [-0.2, 0) is 16.0 Å². The van der Waals surface area contributed by atoms with Gasteiger partial charge in [0.15, 0.2) is 21.3 Å². The van der Waals surface area contributed by atoms with Crippen molar-refractivity contribution in [3.8, 4) is 17.5 Å². The molecule has 1 aromatic carbocycles. The predicted molar refractivity (Wildman–Crippen MR) is 122 cm³/mol. The fourth-order valence-electron chi connectivity index (χ4n) is 3.48. The Hall–Kier alpha value is -3.74. The van der Waals surface area contributed by atoms with Crippen LogP contribution in [-0.4, -0.2) is 42.9 Å². The zero-order valence-corrected chi connectivity index (χ0v) is 20.2. The summed E-state index contributed by atoms with van der Waals surface area (Å²) in [6.07, 6.45) is -1.91. The van der Waals surface area contributed by atoms with E-state index in [0.29, 0.717) is 5.92 Å². The summed E-state index contributed by atoms with van der Waals surface area (Å²) in [6, 6.07) is 8.53. The number of carbonyl (C=O) groups is 1. The number of hydrogen-bond acceptors (Lipinski definition) is 8. The molecule has 1 aliphatic rings. The van der Waals surface area contributed by atoms with Crippen LogP contribution in [0.2, 0.25) is 0 Å². The van der Waals surface area contributed by atoms with Crippen LogP contribution < -0.4 is 14.8 Å². The highest BCUT2D eigenvalue weighted by Gasteiger charge is 2.38. The van der Waals surface area contributed by atoms with Gasteiger partial charge in [-0.25, -0.2) is 13.4 Å². The number of amides is 1. The number of nitrogens with zero attached hydrogens (tertiary/aromatic N) is 3. The molecule has 0 bridgehead atoms.